The molecule has 2 aromatic rings. The molecular weight excluding hydrogens is 316 g/mol. The molecule has 18 heavy (non-hydrogen) atoms. The number of hydrogen-bond donors (Lipinski definition) is 1. The van der Waals surface area contributed by atoms with Crippen molar-refractivity contribution in [2.24, 2.45) is 0 Å². The molecule has 6 heteroatoms. The van der Waals surface area contributed by atoms with E-state index in [1.165, 1.54) is 11.8 Å². The van der Waals surface area contributed by atoms with E-state index < -0.39 is 0 Å². The van der Waals surface area contributed by atoms with E-state index in [-0.39, 0.29) is 6.61 Å². The second kappa shape index (κ2) is 6.17. The van der Waals surface area contributed by atoms with Crippen molar-refractivity contribution in [3.8, 4) is 5.88 Å². The van der Waals surface area contributed by atoms with Gasteiger partial charge in [-0.3, -0.25) is 0 Å². The monoisotopic (exact) mass is 326 g/mol. The van der Waals surface area contributed by atoms with E-state index in [1.807, 2.05) is 24.3 Å². The van der Waals surface area contributed by atoms with Crippen molar-refractivity contribution in [3.05, 3.63) is 40.5 Å². The number of nitrogens with zero attached hydrogens (tertiary/aromatic N) is 2. The van der Waals surface area contributed by atoms with Gasteiger partial charge in [0.05, 0.1) is 18.2 Å². The summed E-state index contributed by atoms with van der Waals surface area (Å²) in [6, 6.07) is 7.60. The van der Waals surface area contributed by atoms with Crippen molar-refractivity contribution < 1.29 is 9.84 Å². The van der Waals surface area contributed by atoms with Gasteiger partial charge in [0.2, 0.25) is 5.88 Å². The third-order valence-corrected chi connectivity index (χ3v) is 3.63. The van der Waals surface area contributed by atoms with Gasteiger partial charge >= 0.3 is 0 Å². The third kappa shape index (κ3) is 3.22. The van der Waals surface area contributed by atoms with Crippen LogP contribution in [0, 0.1) is 0 Å². The number of rotatable bonds is 4. The van der Waals surface area contributed by atoms with Gasteiger partial charge in [-0.25, -0.2) is 4.98 Å². The van der Waals surface area contributed by atoms with Gasteiger partial charge in [-0.15, -0.1) is 0 Å². The molecule has 0 amide bonds. The molecule has 0 saturated heterocycles. The first-order valence-corrected chi connectivity index (χ1v) is 6.78. The van der Waals surface area contributed by atoms with Crippen LogP contribution in [-0.2, 0) is 6.61 Å². The fourth-order valence-corrected chi connectivity index (χ4v) is 2.37. The molecule has 0 atom stereocenters. The van der Waals surface area contributed by atoms with E-state index in [2.05, 4.69) is 25.9 Å². The Morgan fingerprint density at radius 1 is 1.33 bits per heavy atom. The zero-order chi connectivity index (χ0) is 13.0. The Hall–Kier alpha value is -1.11. The molecular formula is C12H11BrN2O2S. The first kappa shape index (κ1) is 13.3. The largest absolute Gasteiger partial charge is 0.480 e. The summed E-state index contributed by atoms with van der Waals surface area (Å²) in [5.74, 6) is 0.513. The van der Waals surface area contributed by atoms with Gasteiger partial charge in [0.1, 0.15) is 0 Å². The molecule has 0 spiro atoms. The molecule has 0 aliphatic carbocycles. The van der Waals surface area contributed by atoms with Crippen LogP contribution in [-0.4, -0.2) is 22.2 Å². The summed E-state index contributed by atoms with van der Waals surface area (Å²) < 4.78 is 5.84. The number of hydrogen-bond acceptors (Lipinski definition) is 5. The van der Waals surface area contributed by atoms with Crippen LogP contribution in [0.25, 0.3) is 0 Å². The lowest BCUT2D eigenvalue weighted by atomic mass is 10.2. The molecule has 0 saturated carbocycles. The summed E-state index contributed by atoms with van der Waals surface area (Å²) in [4.78, 5) is 9.47. The van der Waals surface area contributed by atoms with Crippen LogP contribution in [0.5, 0.6) is 5.88 Å². The van der Waals surface area contributed by atoms with E-state index in [0.29, 0.717) is 11.0 Å². The Morgan fingerprint density at radius 2 is 2.06 bits per heavy atom. The maximum atomic E-state index is 8.96. The Kier molecular flexibility index (Phi) is 4.57. The SMILES string of the molecule is COc1nc(Sc2ccc(CO)cc2)ncc1Br. The fraction of sp³-hybridized carbons (Fsp3) is 0.167. The number of halogens is 1. The standard InChI is InChI=1S/C12H11BrN2O2S/c1-17-11-10(13)6-14-12(15-11)18-9-4-2-8(7-16)3-5-9/h2-6,16H,7H2,1H3. The Bertz CT molecular complexity index is 534. The predicted octanol–water partition coefficient (Wildman–Crippen LogP) is 2.89. The van der Waals surface area contributed by atoms with Gasteiger partial charge in [-0.2, -0.15) is 4.98 Å². The molecule has 0 fully saturated rings. The van der Waals surface area contributed by atoms with Gasteiger partial charge in [0.25, 0.3) is 0 Å². The lowest BCUT2D eigenvalue weighted by molar-refractivity contribution is 0.282. The molecule has 0 aliphatic heterocycles. The summed E-state index contributed by atoms with van der Waals surface area (Å²) in [6.45, 7) is 0.0492. The Balaban J connectivity index is 2.17. The smallest absolute Gasteiger partial charge is 0.231 e. The number of aromatic nitrogens is 2. The minimum atomic E-state index is 0.0492. The highest BCUT2D eigenvalue weighted by molar-refractivity contribution is 9.10. The second-order valence-corrected chi connectivity index (χ2v) is 5.31. The van der Waals surface area contributed by atoms with Crippen molar-refractivity contribution in [1.82, 2.24) is 9.97 Å². The lowest BCUT2D eigenvalue weighted by Gasteiger charge is -2.04. The molecule has 2 rings (SSSR count). The minimum absolute atomic E-state index is 0.0492. The Morgan fingerprint density at radius 3 is 2.67 bits per heavy atom. The predicted molar refractivity (Wildman–Crippen MR) is 72.8 cm³/mol. The van der Waals surface area contributed by atoms with Crippen LogP contribution in [0.3, 0.4) is 0 Å². The van der Waals surface area contributed by atoms with Crippen LogP contribution in [0.4, 0.5) is 0 Å². The summed E-state index contributed by atoms with van der Waals surface area (Å²) >= 11 is 4.75. The summed E-state index contributed by atoms with van der Waals surface area (Å²) in [6.07, 6.45) is 1.66. The number of methoxy groups -OCH3 is 1. The van der Waals surface area contributed by atoms with Gasteiger partial charge in [-0.05, 0) is 45.4 Å². The van der Waals surface area contributed by atoms with Crippen molar-refractivity contribution >= 4 is 27.7 Å². The van der Waals surface area contributed by atoms with Gasteiger partial charge in [-0.1, -0.05) is 12.1 Å². The summed E-state index contributed by atoms with van der Waals surface area (Å²) in [5, 5.41) is 9.58. The first-order valence-electron chi connectivity index (χ1n) is 5.17. The molecule has 1 heterocycles. The zero-order valence-corrected chi connectivity index (χ0v) is 12.0. The molecule has 0 radical (unpaired) electrons. The quantitative estimate of drug-likeness (QED) is 0.875. The van der Waals surface area contributed by atoms with Gasteiger partial charge in [0, 0.05) is 11.1 Å². The third-order valence-electron chi connectivity index (χ3n) is 2.20. The second-order valence-electron chi connectivity index (χ2n) is 3.41. The van der Waals surface area contributed by atoms with E-state index in [0.717, 1.165) is 14.9 Å². The summed E-state index contributed by atoms with van der Waals surface area (Å²) in [5.41, 5.74) is 0.883. The number of benzene rings is 1. The Labute approximate surface area is 118 Å². The fourth-order valence-electron chi connectivity index (χ4n) is 1.30. The van der Waals surface area contributed by atoms with Crippen molar-refractivity contribution in [2.75, 3.05) is 7.11 Å². The number of ether oxygens (including phenoxy) is 1. The van der Waals surface area contributed by atoms with E-state index in [1.54, 1.807) is 13.3 Å². The van der Waals surface area contributed by atoms with Gasteiger partial charge < -0.3 is 9.84 Å². The molecule has 1 N–H and O–H groups in total. The van der Waals surface area contributed by atoms with E-state index in [9.17, 15) is 0 Å². The first-order chi connectivity index (χ1) is 8.72. The highest BCUT2D eigenvalue weighted by atomic mass is 79.9. The highest BCUT2D eigenvalue weighted by Crippen LogP contribution is 2.28. The van der Waals surface area contributed by atoms with Crippen LogP contribution < -0.4 is 4.74 Å². The van der Waals surface area contributed by atoms with Crippen LogP contribution >= 0.6 is 27.7 Å². The molecule has 1 aromatic heterocycles. The average molecular weight is 327 g/mol. The molecule has 94 valence electrons. The maximum absolute atomic E-state index is 8.96. The molecule has 0 bridgehead atoms. The molecule has 1 aromatic carbocycles. The molecule has 4 nitrogen and oxygen atoms in total. The van der Waals surface area contributed by atoms with Crippen molar-refractivity contribution in [3.63, 3.8) is 0 Å². The van der Waals surface area contributed by atoms with Gasteiger partial charge in [0.15, 0.2) is 5.16 Å². The lowest BCUT2D eigenvalue weighted by Crippen LogP contribution is -1.93. The maximum Gasteiger partial charge on any atom is 0.231 e. The molecule has 0 unspecified atom stereocenters. The van der Waals surface area contributed by atoms with Crippen LogP contribution in [0.15, 0.2) is 45.0 Å². The number of aliphatic hydroxyl groups excluding tert-OH is 1. The topological polar surface area (TPSA) is 55.2 Å². The zero-order valence-electron chi connectivity index (χ0n) is 9.63. The van der Waals surface area contributed by atoms with Crippen LogP contribution in [0.1, 0.15) is 5.56 Å². The van der Waals surface area contributed by atoms with E-state index in [4.69, 9.17) is 9.84 Å². The van der Waals surface area contributed by atoms with E-state index >= 15 is 0 Å². The van der Waals surface area contributed by atoms with Crippen molar-refractivity contribution in [1.29, 1.82) is 0 Å². The summed E-state index contributed by atoms with van der Waals surface area (Å²) in [7, 11) is 1.57. The number of aliphatic hydroxyl groups is 1. The average Bonchev–Trinajstić information content (AvgIpc) is 2.42. The van der Waals surface area contributed by atoms with Crippen LogP contribution in [0.2, 0.25) is 0 Å². The normalized spacial score (nSPS) is 10.4. The molecule has 0 aliphatic rings. The minimum Gasteiger partial charge on any atom is -0.480 e. The highest BCUT2D eigenvalue weighted by Gasteiger charge is 2.06. The van der Waals surface area contributed by atoms with Crippen molar-refractivity contribution in [2.45, 2.75) is 16.7 Å².